The Labute approximate surface area is 112 Å². The molecule has 18 heavy (non-hydrogen) atoms. The molecule has 0 aromatic carbocycles. The molecule has 0 radical (unpaired) electrons. The van der Waals surface area contributed by atoms with E-state index in [1.54, 1.807) is 11.3 Å². The van der Waals surface area contributed by atoms with E-state index < -0.39 is 9.84 Å². The van der Waals surface area contributed by atoms with Crippen molar-refractivity contribution >= 4 is 26.3 Å². The Morgan fingerprint density at radius 2 is 2.39 bits per heavy atom. The van der Waals surface area contributed by atoms with E-state index in [0.717, 1.165) is 23.9 Å². The molecule has 2 rings (SSSR count). The fourth-order valence-electron chi connectivity index (χ4n) is 2.05. The molecule has 1 atom stereocenters. The lowest BCUT2D eigenvalue weighted by atomic mass is 10.3. The molecule has 0 bridgehead atoms. The number of anilines is 1. The largest absolute Gasteiger partial charge is 0.343 e. The van der Waals surface area contributed by atoms with Crippen LogP contribution in [0.4, 0.5) is 5.13 Å². The lowest BCUT2D eigenvalue weighted by Gasteiger charge is -2.32. The first-order valence-corrected chi connectivity index (χ1v) is 8.84. The van der Waals surface area contributed by atoms with E-state index in [2.05, 4.69) is 22.1 Å². The van der Waals surface area contributed by atoms with Gasteiger partial charge in [-0.25, -0.2) is 13.4 Å². The molecule has 5 nitrogen and oxygen atoms in total. The van der Waals surface area contributed by atoms with Crippen LogP contribution in [0, 0.1) is 0 Å². The van der Waals surface area contributed by atoms with Crippen molar-refractivity contribution in [3.8, 4) is 0 Å². The van der Waals surface area contributed by atoms with Gasteiger partial charge in [-0.1, -0.05) is 6.92 Å². The fourth-order valence-corrected chi connectivity index (χ4v) is 4.56. The summed E-state index contributed by atoms with van der Waals surface area (Å²) in [4.78, 5) is 6.66. The van der Waals surface area contributed by atoms with Crippen LogP contribution < -0.4 is 10.2 Å². The Balaban J connectivity index is 2.05. The summed E-state index contributed by atoms with van der Waals surface area (Å²) in [5, 5.41) is 6.21. The van der Waals surface area contributed by atoms with Crippen molar-refractivity contribution < 1.29 is 8.42 Å². The van der Waals surface area contributed by atoms with E-state index in [1.165, 1.54) is 0 Å². The van der Waals surface area contributed by atoms with Crippen LogP contribution in [0.25, 0.3) is 0 Å². The molecular weight excluding hydrogens is 270 g/mol. The molecule has 102 valence electrons. The average molecular weight is 289 g/mol. The summed E-state index contributed by atoms with van der Waals surface area (Å²) in [6, 6.07) is 0.0156. The van der Waals surface area contributed by atoms with Crippen molar-refractivity contribution in [1.29, 1.82) is 0 Å². The third-order valence-electron chi connectivity index (χ3n) is 3.01. The normalized spacial score (nSPS) is 23.2. The Kier molecular flexibility index (Phi) is 4.24. The van der Waals surface area contributed by atoms with Gasteiger partial charge < -0.3 is 10.2 Å². The number of nitrogens with one attached hydrogen (secondary N) is 1. The van der Waals surface area contributed by atoms with Gasteiger partial charge in [0.2, 0.25) is 0 Å². The lowest BCUT2D eigenvalue weighted by Crippen LogP contribution is -2.47. The minimum Gasteiger partial charge on any atom is -0.343 e. The van der Waals surface area contributed by atoms with Gasteiger partial charge in [0.25, 0.3) is 0 Å². The number of rotatable bonds is 4. The first-order chi connectivity index (χ1) is 8.52. The van der Waals surface area contributed by atoms with Crippen molar-refractivity contribution in [1.82, 2.24) is 10.3 Å². The van der Waals surface area contributed by atoms with Crippen LogP contribution in [0.5, 0.6) is 0 Å². The third-order valence-corrected chi connectivity index (χ3v) is 5.73. The second-order valence-electron chi connectivity index (χ2n) is 4.56. The van der Waals surface area contributed by atoms with Crippen LogP contribution in [0.2, 0.25) is 0 Å². The minimum absolute atomic E-state index is 0.0156. The minimum atomic E-state index is -2.86. The van der Waals surface area contributed by atoms with Crippen LogP contribution in [0.3, 0.4) is 0 Å². The molecule has 1 unspecified atom stereocenters. The topological polar surface area (TPSA) is 62.3 Å². The summed E-state index contributed by atoms with van der Waals surface area (Å²) in [5.74, 6) is 0.467. The fraction of sp³-hybridized carbons (Fsp3) is 0.727. The Bertz CT molecular complexity index is 498. The molecule has 1 fully saturated rings. The number of thiazole rings is 1. The van der Waals surface area contributed by atoms with E-state index in [9.17, 15) is 8.42 Å². The Hall–Kier alpha value is -0.660. The van der Waals surface area contributed by atoms with Gasteiger partial charge in [0.05, 0.1) is 17.2 Å². The molecule has 2 heterocycles. The number of aromatic nitrogens is 1. The highest BCUT2D eigenvalue weighted by Gasteiger charge is 2.29. The molecule has 0 spiro atoms. The number of nitrogens with zero attached hydrogens (tertiary/aromatic N) is 2. The monoisotopic (exact) mass is 289 g/mol. The van der Waals surface area contributed by atoms with Crippen molar-refractivity contribution in [3.05, 3.63) is 11.1 Å². The summed E-state index contributed by atoms with van der Waals surface area (Å²) >= 11 is 1.59. The van der Waals surface area contributed by atoms with Gasteiger partial charge in [0.15, 0.2) is 15.0 Å². The van der Waals surface area contributed by atoms with Gasteiger partial charge in [-0.05, 0) is 13.5 Å². The van der Waals surface area contributed by atoms with Gasteiger partial charge >= 0.3 is 0 Å². The Morgan fingerprint density at radius 3 is 3.06 bits per heavy atom. The summed E-state index contributed by atoms with van der Waals surface area (Å²) in [7, 11) is -2.86. The highest BCUT2D eigenvalue weighted by molar-refractivity contribution is 7.91. The number of hydrogen-bond donors (Lipinski definition) is 1. The molecule has 0 amide bonds. The van der Waals surface area contributed by atoms with Gasteiger partial charge in [0, 0.05) is 24.5 Å². The smallest absolute Gasteiger partial charge is 0.185 e. The Morgan fingerprint density at radius 1 is 1.61 bits per heavy atom. The van der Waals surface area contributed by atoms with E-state index in [4.69, 9.17) is 0 Å². The highest BCUT2D eigenvalue weighted by Crippen LogP contribution is 2.25. The second-order valence-corrected chi connectivity index (χ2v) is 7.62. The molecule has 1 aliphatic heterocycles. The van der Waals surface area contributed by atoms with Crippen molar-refractivity contribution in [2.45, 2.75) is 26.4 Å². The molecule has 1 N–H and O–H groups in total. The maximum absolute atomic E-state index is 11.5. The first kappa shape index (κ1) is 13.8. The van der Waals surface area contributed by atoms with Gasteiger partial charge in [-0.2, -0.15) is 0 Å². The zero-order valence-electron chi connectivity index (χ0n) is 10.7. The molecule has 1 aromatic heterocycles. The van der Waals surface area contributed by atoms with Crippen molar-refractivity contribution in [3.63, 3.8) is 0 Å². The average Bonchev–Trinajstić information content (AvgIpc) is 2.73. The molecule has 0 aliphatic carbocycles. The molecule has 0 saturated carbocycles. The molecule has 1 aromatic rings. The van der Waals surface area contributed by atoms with Crippen LogP contribution in [-0.2, 0) is 16.4 Å². The first-order valence-electron chi connectivity index (χ1n) is 6.14. The summed E-state index contributed by atoms with van der Waals surface area (Å²) in [5.41, 5.74) is 1.03. The summed E-state index contributed by atoms with van der Waals surface area (Å²) in [6.45, 7) is 6.25. The van der Waals surface area contributed by atoms with Crippen molar-refractivity contribution in [2.75, 3.05) is 29.5 Å². The molecule has 1 aliphatic rings. The number of hydrogen-bond acceptors (Lipinski definition) is 6. The van der Waals surface area contributed by atoms with Crippen LogP contribution >= 0.6 is 11.3 Å². The van der Waals surface area contributed by atoms with Gasteiger partial charge in [-0.3, -0.25) is 0 Å². The summed E-state index contributed by atoms with van der Waals surface area (Å²) < 4.78 is 23.1. The van der Waals surface area contributed by atoms with Crippen LogP contribution in [-0.4, -0.2) is 44.0 Å². The predicted molar refractivity (Wildman–Crippen MR) is 75.0 cm³/mol. The van der Waals surface area contributed by atoms with Crippen LogP contribution in [0.1, 0.15) is 19.5 Å². The molecular formula is C11H19N3O2S2. The standard InChI is InChI=1S/C11H19N3O2S2/c1-3-12-6-10-7-17-11(13-10)14-4-5-18(15,16)8-9(14)2/h7,9,12H,3-6,8H2,1-2H3. The highest BCUT2D eigenvalue weighted by atomic mass is 32.2. The SMILES string of the molecule is CCNCc1csc(N2CCS(=O)(=O)CC2C)n1. The van der Waals surface area contributed by atoms with E-state index in [1.807, 2.05) is 12.3 Å². The van der Waals surface area contributed by atoms with Gasteiger partial charge in [-0.15, -0.1) is 11.3 Å². The predicted octanol–water partition coefficient (Wildman–Crippen LogP) is 0.876. The van der Waals surface area contributed by atoms with E-state index in [0.29, 0.717) is 6.54 Å². The van der Waals surface area contributed by atoms with Gasteiger partial charge in [0.1, 0.15) is 0 Å². The second kappa shape index (κ2) is 5.54. The van der Waals surface area contributed by atoms with E-state index in [-0.39, 0.29) is 17.5 Å². The third kappa shape index (κ3) is 3.21. The zero-order chi connectivity index (χ0) is 13.2. The number of sulfone groups is 1. The summed E-state index contributed by atoms with van der Waals surface area (Å²) in [6.07, 6.45) is 0. The maximum Gasteiger partial charge on any atom is 0.185 e. The van der Waals surface area contributed by atoms with Crippen LogP contribution in [0.15, 0.2) is 5.38 Å². The lowest BCUT2D eigenvalue weighted by molar-refractivity contribution is 0.568. The molecule has 7 heteroatoms. The quantitative estimate of drug-likeness (QED) is 0.891. The van der Waals surface area contributed by atoms with Crippen molar-refractivity contribution in [2.24, 2.45) is 0 Å². The zero-order valence-corrected chi connectivity index (χ0v) is 12.4. The molecule has 1 saturated heterocycles. The van der Waals surface area contributed by atoms with E-state index >= 15 is 0 Å². The maximum atomic E-state index is 11.5.